The quantitative estimate of drug-likeness (QED) is 0.175. The molecule has 0 heterocycles. The van der Waals surface area contributed by atoms with Crippen LogP contribution in [0, 0.1) is 11.6 Å². The summed E-state index contributed by atoms with van der Waals surface area (Å²) in [7, 11) is 0. The smallest absolute Gasteiger partial charge is 0.147 e. The fourth-order valence-electron chi connectivity index (χ4n) is 6.56. The van der Waals surface area contributed by atoms with Gasteiger partial charge in [-0.25, -0.2) is 0 Å². The van der Waals surface area contributed by atoms with Crippen LogP contribution in [0.1, 0.15) is 28.7 Å². The molecule has 0 radical (unpaired) electrons. The average molecular weight is 651 g/mol. The Labute approximate surface area is 247 Å². The maximum absolute atomic E-state index is 14.3. The van der Waals surface area contributed by atoms with E-state index in [1.165, 1.54) is 53.1 Å². The first-order chi connectivity index (χ1) is 18.4. The molecular weight excluding hydrogens is 621 g/mol. The number of halogens is 4. The Bertz CT molecular complexity index is 1710. The van der Waals surface area contributed by atoms with E-state index < -0.39 is 18.3 Å². The zero-order valence-electron chi connectivity index (χ0n) is 22.0. The van der Waals surface area contributed by atoms with Gasteiger partial charge in [0.25, 0.3) is 0 Å². The van der Waals surface area contributed by atoms with Gasteiger partial charge in [0.1, 0.15) is 0 Å². The normalized spacial score (nSPS) is 13.4. The molecule has 0 N–H and O–H groups in total. The zero-order chi connectivity index (χ0) is 26.5. The second kappa shape index (κ2) is 11.1. The summed E-state index contributed by atoms with van der Waals surface area (Å²) in [6.45, 7) is 8.09. The molecule has 4 aromatic carbocycles. The Morgan fingerprint density at radius 3 is 1.80 bits per heavy atom. The third-order valence-electron chi connectivity index (χ3n) is 8.57. The van der Waals surface area contributed by atoms with Crippen LogP contribution in [-0.2, 0) is 24.7 Å². The van der Waals surface area contributed by atoms with E-state index in [1.807, 2.05) is 36.4 Å². The second-order valence-electron chi connectivity index (χ2n) is 10.4. The molecule has 2 aliphatic carbocycles. The average Bonchev–Trinajstić information content (AvgIpc) is 3.62. The van der Waals surface area contributed by atoms with Gasteiger partial charge in [-0.05, 0) is 0 Å². The summed E-state index contributed by atoms with van der Waals surface area (Å²) in [5.74, 6) is -0.575. The molecule has 0 aromatic heterocycles. The Kier molecular flexibility index (Phi) is 8.35. The van der Waals surface area contributed by atoms with Crippen LogP contribution in [-0.4, -0.2) is 4.21 Å². The minimum Gasteiger partial charge on any atom is -0.147 e. The van der Waals surface area contributed by atoms with Gasteiger partial charge in [-0.2, -0.15) is 0 Å². The van der Waals surface area contributed by atoms with Crippen LogP contribution in [0.4, 0.5) is 8.78 Å². The summed E-state index contributed by atoms with van der Waals surface area (Å²) >= 11 is -5.00. The molecule has 202 valence electrons. The Morgan fingerprint density at radius 2 is 1.27 bits per heavy atom. The van der Waals surface area contributed by atoms with Crippen LogP contribution >= 0.6 is 24.8 Å². The molecule has 0 spiro atoms. The molecule has 0 bridgehead atoms. The predicted molar refractivity (Wildman–Crippen MR) is 170 cm³/mol. The van der Waals surface area contributed by atoms with E-state index >= 15 is 0 Å². The van der Waals surface area contributed by atoms with Crippen LogP contribution in [0.15, 0.2) is 114 Å². The standard InChI is InChI=1S/C17H13.2C6H4F.C5H5.CH2.2ClH.Zr/c1-3-12-5-7-14-11-15-8-6-13(4-2)10-17(15)16(14)9-12;2*7-6-4-2-1-3-5-6;1-2-4-5-3-1;;;;/h3-7,9-10H,1-2,11H2;2*2-5H;1-3H,4H2;1H2;2*1H;. The molecular formula is C35H30Cl2F2Zr. The minimum absolute atomic E-state index is 0. The monoisotopic (exact) mass is 648 g/mol. The van der Waals surface area contributed by atoms with Crippen molar-refractivity contribution in [3.8, 4) is 11.1 Å². The Balaban J connectivity index is 0.00000185. The van der Waals surface area contributed by atoms with Gasteiger partial charge < -0.3 is 0 Å². The third kappa shape index (κ3) is 4.31. The number of allylic oxidation sites excluding steroid dienone is 4. The van der Waals surface area contributed by atoms with E-state index in [2.05, 4.69) is 61.7 Å². The topological polar surface area (TPSA) is 0 Å². The molecule has 6 rings (SSSR count). The molecule has 2 aliphatic rings. The van der Waals surface area contributed by atoms with Crippen molar-refractivity contribution in [2.45, 2.75) is 12.8 Å². The van der Waals surface area contributed by atoms with Gasteiger partial charge in [-0.15, -0.1) is 24.8 Å². The van der Waals surface area contributed by atoms with Crippen molar-refractivity contribution in [3.63, 3.8) is 0 Å². The molecule has 4 aromatic rings. The van der Waals surface area contributed by atoms with Crippen molar-refractivity contribution in [2.75, 3.05) is 0 Å². The second-order valence-corrected chi connectivity index (χ2v) is 23.3. The van der Waals surface area contributed by atoms with Gasteiger partial charge in [-0.1, -0.05) is 0 Å². The predicted octanol–water partition coefficient (Wildman–Crippen LogP) is 7.91. The first kappa shape index (κ1) is 30.0. The minimum atomic E-state index is -5.00. The maximum Gasteiger partial charge on any atom is -0.147 e. The third-order valence-corrected chi connectivity index (χ3v) is 24.9. The summed E-state index contributed by atoms with van der Waals surface area (Å²) in [4.78, 5) is 0. The van der Waals surface area contributed by atoms with Crippen LogP contribution in [0.3, 0.4) is 0 Å². The van der Waals surface area contributed by atoms with E-state index in [1.54, 1.807) is 0 Å². The van der Waals surface area contributed by atoms with E-state index in [-0.39, 0.29) is 36.4 Å². The Hall–Kier alpha value is -2.97. The first-order valence-corrected chi connectivity index (χ1v) is 19.5. The summed E-state index contributed by atoms with van der Waals surface area (Å²) < 4.78 is 38.5. The van der Waals surface area contributed by atoms with Crippen LogP contribution in [0.5, 0.6) is 0 Å². The van der Waals surface area contributed by atoms with Gasteiger partial charge in [0.15, 0.2) is 0 Å². The maximum atomic E-state index is 14.3. The van der Waals surface area contributed by atoms with Gasteiger partial charge in [0, 0.05) is 0 Å². The number of fused-ring (bicyclic) bond motifs is 3. The Morgan fingerprint density at radius 1 is 0.700 bits per heavy atom. The molecule has 5 heteroatoms. The summed E-state index contributed by atoms with van der Waals surface area (Å²) in [6.07, 6.45) is 11.7. The van der Waals surface area contributed by atoms with Crippen molar-refractivity contribution in [2.24, 2.45) is 0 Å². The SMILES string of the molecule is C=Cc1ccc2c(c1)-c1cc(C=C)c[c]([Zr](=[CH2])([C]3=CC=CC3)([c]3ccc(F)cc3)[c]3ccc(F)cc3)c1C2.Cl.Cl. The number of benzene rings is 4. The van der Waals surface area contributed by atoms with Crippen molar-refractivity contribution in [3.05, 3.63) is 147 Å². The van der Waals surface area contributed by atoms with Crippen molar-refractivity contribution in [1.29, 1.82) is 0 Å². The van der Waals surface area contributed by atoms with E-state index in [0.717, 1.165) is 30.5 Å². The van der Waals surface area contributed by atoms with Crippen molar-refractivity contribution < 1.29 is 27.1 Å². The van der Waals surface area contributed by atoms with Gasteiger partial charge in [0.2, 0.25) is 0 Å². The molecule has 0 nitrogen and oxygen atoms in total. The molecule has 0 saturated carbocycles. The van der Waals surface area contributed by atoms with Crippen molar-refractivity contribution in [1.82, 2.24) is 0 Å². The van der Waals surface area contributed by atoms with Crippen LogP contribution in [0.2, 0.25) is 0 Å². The van der Waals surface area contributed by atoms with Gasteiger partial charge in [-0.3, -0.25) is 0 Å². The van der Waals surface area contributed by atoms with Crippen LogP contribution < -0.4 is 9.81 Å². The molecule has 0 aliphatic heterocycles. The number of hydrogen-bond acceptors (Lipinski definition) is 0. The molecule has 0 saturated heterocycles. The summed E-state index contributed by atoms with van der Waals surface area (Å²) in [5.41, 5.74) is 6.96. The summed E-state index contributed by atoms with van der Waals surface area (Å²) in [5, 5.41) is 0. The number of hydrogen-bond donors (Lipinski definition) is 0. The molecule has 40 heavy (non-hydrogen) atoms. The fraction of sp³-hybridized carbons (Fsp3) is 0.0571. The largest absolute Gasteiger partial charge is 0.147 e. The molecule has 0 amide bonds. The van der Waals surface area contributed by atoms with Crippen molar-refractivity contribution >= 4 is 51.0 Å². The fourth-order valence-corrected chi connectivity index (χ4v) is 21.9. The van der Waals surface area contributed by atoms with E-state index in [4.69, 9.17) is 4.21 Å². The van der Waals surface area contributed by atoms with E-state index in [9.17, 15) is 8.78 Å². The van der Waals surface area contributed by atoms with E-state index in [0.29, 0.717) is 0 Å². The first-order valence-electron chi connectivity index (χ1n) is 12.8. The molecule has 0 unspecified atom stereocenters. The molecule has 0 fully saturated rings. The summed E-state index contributed by atoms with van der Waals surface area (Å²) in [6, 6.07) is 24.7. The van der Waals surface area contributed by atoms with Gasteiger partial charge >= 0.3 is 225 Å². The zero-order valence-corrected chi connectivity index (χ0v) is 26.1. The molecule has 0 atom stereocenters. The van der Waals surface area contributed by atoms with Crippen LogP contribution in [0.25, 0.3) is 23.3 Å². The number of rotatable bonds is 6. The van der Waals surface area contributed by atoms with Gasteiger partial charge in [0.05, 0.1) is 0 Å².